The standard InChI is InChI=1S/C15H12F3NO4/c1-9(14(20)21)22-11-6-2-3-7-12(11)23-13-10(15(16,17)18)5-4-8-19-13/h2-9H,1H3,(H,20,21). The predicted octanol–water partition coefficient (Wildman–Crippen LogP) is 3.74. The lowest BCUT2D eigenvalue weighted by atomic mass is 10.2. The highest BCUT2D eigenvalue weighted by Gasteiger charge is 2.35. The molecule has 5 nitrogen and oxygen atoms in total. The average Bonchev–Trinajstić information content (AvgIpc) is 2.48. The van der Waals surface area contributed by atoms with Crippen molar-refractivity contribution in [2.45, 2.75) is 19.2 Å². The van der Waals surface area contributed by atoms with Crippen LogP contribution in [-0.4, -0.2) is 22.2 Å². The lowest BCUT2D eigenvalue weighted by Gasteiger charge is -2.16. The normalized spacial score (nSPS) is 12.5. The van der Waals surface area contributed by atoms with Crippen LogP contribution in [0.1, 0.15) is 12.5 Å². The third-order valence-corrected chi connectivity index (χ3v) is 2.78. The van der Waals surface area contributed by atoms with Crippen LogP contribution in [0, 0.1) is 0 Å². The van der Waals surface area contributed by atoms with Crippen molar-refractivity contribution in [3.8, 4) is 17.4 Å². The second-order valence-electron chi connectivity index (χ2n) is 4.50. The smallest absolute Gasteiger partial charge is 0.421 e. The fourth-order valence-corrected chi connectivity index (χ4v) is 1.66. The maximum atomic E-state index is 12.9. The molecular weight excluding hydrogens is 315 g/mol. The number of carboxylic acids is 1. The molecule has 1 N–H and O–H groups in total. The third kappa shape index (κ3) is 4.12. The molecule has 8 heteroatoms. The Labute approximate surface area is 129 Å². The number of pyridine rings is 1. The van der Waals surface area contributed by atoms with E-state index in [-0.39, 0.29) is 11.5 Å². The van der Waals surface area contributed by atoms with Crippen LogP contribution >= 0.6 is 0 Å². The van der Waals surface area contributed by atoms with Crippen LogP contribution in [-0.2, 0) is 11.0 Å². The van der Waals surface area contributed by atoms with E-state index >= 15 is 0 Å². The van der Waals surface area contributed by atoms with Crippen molar-refractivity contribution in [1.29, 1.82) is 0 Å². The molecule has 0 spiro atoms. The molecule has 1 aromatic heterocycles. The number of nitrogens with zero attached hydrogens (tertiary/aromatic N) is 1. The molecular formula is C15H12F3NO4. The van der Waals surface area contributed by atoms with Crippen LogP contribution in [0.15, 0.2) is 42.6 Å². The molecule has 0 fully saturated rings. The molecule has 0 aliphatic rings. The zero-order valence-corrected chi connectivity index (χ0v) is 11.9. The average molecular weight is 327 g/mol. The minimum absolute atomic E-state index is 0.00109. The number of halogens is 3. The van der Waals surface area contributed by atoms with Crippen LogP contribution in [0.25, 0.3) is 0 Å². The van der Waals surface area contributed by atoms with Crippen LogP contribution in [0.2, 0.25) is 0 Å². The van der Waals surface area contributed by atoms with Crippen LogP contribution < -0.4 is 9.47 Å². The molecule has 0 saturated carbocycles. The molecule has 0 saturated heterocycles. The number of aliphatic carboxylic acids is 1. The topological polar surface area (TPSA) is 68.7 Å². The number of carboxylic acid groups (broad SMARTS) is 1. The van der Waals surface area contributed by atoms with Gasteiger partial charge in [-0.25, -0.2) is 9.78 Å². The van der Waals surface area contributed by atoms with Crippen LogP contribution in [0.4, 0.5) is 13.2 Å². The summed E-state index contributed by atoms with van der Waals surface area (Å²) in [6, 6.07) is 7.80. The van der Waals surface area contributed by atoms with E-state index in [1.165, 1.54) is 25.1 Å². The number of carbonyl (C=O) groups is 1. The number of para-hydroxylation sites is 2. The Kier molecular flexibility index (Phi) is 4.73. The van der Waals surface area contributed by atoms with Gasteiger partial charge in [-0.05, 0) is 31.2 Å². The SMILES string of the molecule is CC(Oc1ccccc1Oc1ncccc1C(F)(F)F)C(=O)O. The molecule has 0 bridgehead atoms. The second kappa shape index (κ2) is 6.55. The minimum atomic E-state index is -4.63. The molecule has 0 aliphatic heterocycles. The Morgan fingerprint density at radius 3 is 2.43 bits per heavy atom. The first-order valence-electron chi connectivity index (χ1n) is 6.47. The van der Waals surface area contributed by atoms with Gasteiger partial charge in [-0.1, -0.05) is 12.1 Å². The number of benzene rings is 1. The summed E-state index contributed by atoms with van der Waals surface area (Å²) in [4.78, 5) is 14.4. The monoisotopic (exact) mass is 327 g/mol. The van der Waals surface area contributed by atoms with Crippen LogP contribution in [0.3, 0.4) is 0 Å². The van der Waals surface area contributed by atoms with E-state index < -0.39 is 29.7 Å². The van der Waals surface area contributed by atoms with Gasteiger partial charge in [0.05, 0.1) is 0 Å². The van der Waals surface area contributed by atoms with Crippen molar-refractivity contribution < 1.29 is 32.5 Å². The summed E-state index contributed by atoms with van der Waals surface area (Å²) >= 11 is 0. The molecule has 23 heavy (non-hydrogen) atoms. The quantitative estimate of drug-likeness (QED) is 0.906. The van der Waals surface area contributed by atoms with E-state index in [1.54, 1.807) is 6.07 Å². The van der Waals surface area contributed by atoms with E-state index in [4.69, 9.17) is 14.6 Å². The largest absolute Gasteiger partial charge is 0.479 e. The molecule has 0 radical (unpaired) electrons. The van der Waals surface area contributed by atoms with Gasteiger partial charge in [0.15, 0.2) is 17.6 Å². The van der Waals surface area contributed by atoms with Gasteiger partial charge < -0.3 is 14.6 Å². The van der Waals surface area contributed by atoms with Crippen molar-refractivity contribution in [2.75, 3.05) is 0 Å². The number of alkyl halides is 3. The highest BCUT2D eigenvalue weighted by atomic mass is 19.4. The maximum absolute atomic E-state index is 12.9. The summed E-state index contributed by atoms with van der Waals surface area (Å²) < 4.78 is 49.2. The Morgan fingerprint density at radius 2 is 1.83 bits per heavy atom. The summed E-state index contributed by atoms with van der Waals surface area (Å²) in [5, 5.41) is 8.85. The van der Waals surface area contributed by atoms with E-state index in [2.05, 4.69) is 4.98 Å². The van der Waals surface area contributed by atoms with Gasteiger partial charge in [0, 0.05) is 6.20 Å². The van der Waals surface area contributed by atoms with Crippen molar-refractivity contribution >= 4 is 5.97 Å². The van der Waals surface area contributed by atoms with Crippen molar-refractivity contribution in [1.82, 2.24) is 4.98 Å². The van der Waals surface area contributed by atoms with Gasteiger partial charge in [0.1, 0.15) is 5.56 Å². The highest BCUT2D eigenvalue weighted by molar-refractivity contribution is 5.72. The lowest BCUT2D eigenvalue weighted by Crippen LogP contribution is -2.23. The summed E-state index contributed by atoms with van der Waals surface area (Å²) in [6.07, 6.45) is -4.66. The molecule has 1 atom stereocenters. The molecule has 0 aliphatic carbocycles. The first kappa shape index (κ1) is 16.6. The summed E-state index contributed by atoms with van der Waals surface area (Å²) in [5.41, 5.74) is -1.04. The molecule has 1 aromatic carbocycles. The van der Waals surface area contributed by atoms with Gasteiger partial charge in [-0.2, -0.15) is 13.2 Å². The highest BCUT2D eigenvalue weighted by Crippen LogP contribution is 2.38. The van der Waals surface area contributed by atoms with E-state index in [0.717, 1.165) is 18.3 Å². The van der Waals surface area contributed by atoms with Crippen LogP contribution in [0.5, 0.6) is 17.4 Å². The van der Waals surface area contributed by atoms with E-state index in [9.17, 15) is 18.0 Å². The summed E-state index contributed by atoms with van der Waals surface area (Å²) in [6.45, 7) is 1.29. The Balaban J connectivity index is 2.33. The van der Waals surface area contributed by atoms with Gasteiger partial charge in [0.2, 0.25) is 5.88 Å². The number of rotatable bonds is 5. The van der Waals surface area contributed by atoms with E-state index in [1.807, 2.05) is 0 Å². The van der Waals surface area contributed by atoms with Gasteiger partial charge in [0.25, 0.3) is 0 Å². The number of aromatic nitrogens is 1. The van der Waals surface area contributed by atoms with E-state index in [0.29, 0.717) is 0 Å². The Hall–Kier alpha value is -2.77. The molecule has 0 amide bonds. The van der Waals surface area contributed by atoms with Gasteiger partial charge >= 0.3 is 12.1 Å². The molecule has 1 heterocycles. The fraction of sp³-hybridized carbons (Fsp3) is 0.200. The zero-order chi connectivity index (χ0) is 17.0. The van der Waals surface area contributed by atoms with Crippen molar-refractivity contribution in [3.63, 3.8) is 0 Å². The van der Waals surface area contributed by atoms with Crippen molar-refractivity contribution in [2.24, 2.45) is 0 Å². The zero-order valence-electron chi connectivity index (χ0n) is 11.9. The number of ether oxygens (including phenoxy) is 2. The second-order valence-corrected chi connectivity index (χ2v) is 4.50. The van der Waals surface area contributed by atoms with Crippen molar-refractivity contribution in [3.05, 3.63) is 48.2 Å². The van der Waals surface area contributed by atoms with Gasteiger partial charge in [-0.3, -0.25) is 0 Å². The Bertz CT molecular complexity index is 703. The predicted molar refractivity (Wildman–Crippen MR) is 73.5 cm³/mol. The molecule has 2 aromatic rings. The molecule has 1 unspecified atom stereocenters. The molecule has 2 rings (SSSR count). The minimum Gasteiger partial charge on any atom is -0.479 e. The number of hydrogen-bond donors (Lipinski definition) is 1. The Morgan fingerprint density at radius 1 is 1.17 bits per heavy atom. The lowest BCUT2D eigenvalue weighted by molar-refractivity contribution is -0.144. The third-order valence-electron chi connectivity index (χ3n) is 2.78. The maximum Gasteiger partial charge on any atom is 0.421 e. The fourth-order valence-electron chi connectivity index (χ4n) is 1.66. The first-order chi connectivity index (χ1) is 10.8. The number of hydrogen-bond acceptors (Lipinski definition) is 4. The summed E-state index contributed by atoms with van der Waals surface area (Å²) in [7, 11) is 0. The first-order valence-corrected chi connectivity index (χ1v) is 6.47. The summed E-state index contributed by atoms with van der Waals surface area (Å²) in [5.74, 6) is -1.92. The van der Waals surface area contributed by atoms with Gasteiger partial charge in [-0.15, -0.1) is 0 Å². The molecule has 122 valence electrons.